The first-order chi connectivity index (χ1) is 11.6. The Kier molecular flexibility index (Phi) is 5.30. The SMILES string of the molecule is Cc1ccc(-c2cc(C(=O)NCCN3CCCCCC3=O)n[nH]2)s1. The molecule has 24 heavy (non-hydrogen) atoms. The highest BCUT2D eigenvalue weighted by Gasteiger charge is 2.17. The van der Waals surface area contributed by atoms with Crippen molar-refractivity contribution in [1.29, 1.82) is 0 Å². The molecule has 0 bridgehead atoms. The maximum absolute atomic E-state index is 12.2. The van der Waals surface area contributed by atoms with Gasteiger partial charge in [-0.3, -0.25) is 14.7 Å². The van der Waals surface area contributed by atoms with E-state index in [9.17, 15) is 9.59 Å². The van der Waals surface area contributed by atoms with E-state index in [0.717, 1.165) is 36.4 Å². The van der Waals surface area contributed by atoms with Crippen LogP contribution < -0.4 is 5.32 Å². The first-order valence-electron chi connectivity index (χ1n) is 8.31. The molecule has 2 aromatic rings. The molecule has 3 heterocycles. The number of amides is 2. The lowest BCUT2D eigenvalue weighted by molar-refractivity contribution is -0.130. The molecule has 0 spiro atoms. The van der Waals surface area contributed by atoms with Crippen LogP contribution in [0.5, 0.6) is 0 Å². The fraction of sp³-hybridized carbons (Fsp3) is 0.471. The van der Waals surface area contributed by atoms with Crippen LogP contribution in [0.1, 0.15) is 41.0 Å². The summed E-state index contributed by atoms with van der Waals surface area (Å²) in [6.45, 7) is 3.85. The molecule has 128 valence electrons. The van der Waals surface area contributed by atoms with Crippen LogP contribution in [0.3, 0.4) is 0 Å². The number of carbonyl (C=O) groups is 2. The van der Waals surface area contributed by atoms with Crippen molar-refractivity contribution < 1.29 is 9.59 Å². The Morgan fingerprint density at radius 3 is 3.04 bits per heavy atom. The van der Waals surface area contributed by atoms with Gasteiger partial charge in [-0.05, 0) is 38.0 Å². The van der Waals surface area contributed by atoms with Crippen molar-refractivity contribution in [2.45, 2.75) is 32.6 Å². The van der Waals surface area contributed by atoms with E-state index in [1.165, 1.54) is 4.88 Å². The second-order valence-corrected chi connectivity index (χ2v) is 7.31. The molecule has 0 radical (unpaired) electrons. The van der Waals surface area contributed by atoms with Gasteiger partial charge in [-0.2, -0.15) is 5.10 Å². The standard InChI is InChI=1S/C17H22N4O2S/c1-12-6-7-15(24-12)13-11-14(20-19-13)17(23)18-8-10-21-9-4-2-3-5-16(21)22/h6-7,11H,2-5,8-10H2,1H3,(H,18,23)(H,19,20). The Labute approximate surface area is 145 Å². The van der Waals surface area contributed by atoms with Crippen LogP contribution in [0.4, 0.5) is 0 Å². The molecule has 3 rings (SSSR count). The van der Waals surface area contributed by atoms with Gasteiger partial charge in [0, 0.05) is 30.9 Å². The van der Waals surface area contributed by atoms with Crippen molar-refractivity contribution in [2.24, 2.45) is 0 Å². The summed E-state index contributed by atoms with van der Waals surface area (Å²) in [6, 6.07) is 5.82. The molecule has 1 fully saturated rings. The monoisotopic (exact) mass is 346 g/mol. The summed E-state index contributed by atoms with van der Waals surface area (Å²) in [5, 5.41) is 9.84. The first-order valence-corrected chi connectivity index (χ1v) is 9.13. The number of aromatic amines is 1. The van der Waals surface area contributed by atoms with Crippen molar-refractivity contribution in [3.8, 4) is 10.6 Å². The maximum atomic E-state index is 12.2. The minimum atomic E-state index is -0.215. The van der Waals surface area contributed by atoms with E-state index < -0.39 is 0 Å². The lowest BCUT2D eigenvalue weighted by Gasteiger charge is -2.20. The number of hydrogen-bond donors (Lipinski definition) is 2. The summed E-state index contributed by atoms with van der Waals surface area (Å²) in [5.74, 6) is -0.0232. The minimum Gasteiger partial charge on any atom is -0.349 e. The maximum Gasteiger partial charge on any atom is 0.271 e. The van der Waals surface area contributed by atoms with Crippen LogP contribution in [-0.2, 0) is 4.79 Å². The molecule has 2 aromatic heterocycles. The molecule has 1 saturated heterocycles. The zero-order valence-corrected chi connectivity index (χ0v) is 14.6. The van der Waals surface area contributed by atoms with Gasteiger partial charge in [-0.1, -0.05) is 6.42 Å². The van der Waals surface area contributed by atoms with Gasteiger partial charge in [0.2, 0.25) is 5.91 Å². The Morgan fingerprint density at radius 2 is 2.25 bits per heavy atom. The Morgan fingerprint density at radius 1 is 1.38 bits per heavy atom. The fourth-order valence-electron chi connectivity index (χ4n) is 2.81. The molecule has 1 aliphatic rings. The molecular weight excluding hydrogens is 324 g/mol. The molecule has 7 heteroatoms. The van der Waals surface area contributed by atoms with E-state index in [4.69, 9.17) is 0 Å². The molecule has 0 aliphatic carbocycles. The van der Waals surface area contributed by atoms with Gasteiger partial charge in [0.25, 0.3) is 5.91 Å². The van der Waals surface area contributed by atoms with Gasteiger partial charge >= 0.3 is 0 Å². The van der Waals surface area contributed by atoms with Crippen LogP contribution in [0.2, 0.25) is 0 Å². The summed E-state index contributed by atoms with van der Waals surface area (Å²) in [4.78, 5) is 28.2. The van der Waals surface area contributed by atoms with E-state index >= 15 is 0 Å². The fourth-order valence-corrected chi connectivity index (χ4v) is 3.65. The molecule has 0 aromatic carbocycles. The molecule has 0 unspecified atom stereocenters. The van der Waals surface area contributed by atoms with Crippen LogP contribution in [0.15, 0.2) is 18.2 Å². The number of hydrogen-bond acceptors (Lipinski definition) is 4. The topological polar surface area (TPSA) is 78.1 Å². The van der Waals surface area contributed by atoms with Crippen molar-refractivity contribution in [3.63, 3.8) is 0 Å². The Hall–Kier alpha value is -2.15. The first kappa shape index (κ1) is 16.7. The highest BCUT2D eigenvalue weighted by molar-refractivity contribution is 7.15. The zero-order chi connectivity index (χ0) is 16.9. The summed E-state index contributed by atoms with van der Waals surface area (Å²) in [6.07, 6.45) is 3.74. The Balaban J connectivity index is 1.52. The van der Waals surface area contributed by atoms with Crippen molar-refractivity contribution in [1.82, 2.24) is 20.4 Å². The number of thiophene rings is 1. The van der Waals surface area contributed by atoms with Crippen LogP contribution in [0.25, 0.3) is 10.6 Å². The normalized spacial score (nSPS) is 15.4. The average molecular weight is 346 g/mol. The van der Waals surface area contributed by atoms with E-state index in [2.05, 4.69) is 15.5 Å². The molecular formula is C17H22N4O2S. The summed E-state index contributed by atoms with van der Waals surface area (Å²) >= 11 is 1.66. The van der Waals surface area contributed by atoms with E-state index in [1.807, 2.05) is 24.0 Å². The molecule has 6 nitrogen and oxygen atoms in total. The van der Waals surface area contributed by atoms with Gasteiger partial charge in [-0.15, -0.1) is 11.3 Å². The molecule has 2 amide bonds. The van der Waals surface area contributed by atoms with Crippen molar-refractivity contribution >= 4 is 23.2 Å². The number of carbonyl (C=O) groups excluding carboxylic acids is 2. The second-order valence-electron chi connectivity index (χ2n) is 6.02. The summed E-state index contributed by atoms with van der Waals surface area (Å²) in [5.41, 5.74) is 1.22. The largest absolute Gasteiger partial charge is 0.349 e. The number of aromatic nitrogens is 2. The molecule has 2 N–H and O–H groups in total. The quantitative estimate of drug-likeness (QED) is 0.873. The number of aryl methyl sites for hydroxylation is 1. The molecule has 1 aliphatic heterocycles. The summed E-state index contributed by atoms with van der Waals surface area (Å²) in [7, 11) is 0. The van der Waals surface area contributed by atoms with Gasteiger partial charge in [0.1, 0.15) is 0 Å². The third-order valence-corrected chi connectivity index (χ3v) is 5.19. The number of nitrogens with one attached hydrogen (secondary N) is 2. The number of nitrogens with zero attached hydrogens (tertiary/aromatic N) is 2. The third-order valence-electron chi connectivity index (χ3n) is 4.15. The van der Waals surface area contributed by atoms with E-state index in [-0.39, 0.29) is 11.8 Å². The predicted octanol–water partition coefficient (Wildman–Crippen LogP) is 2.58. The van der Waals surface area contributed by atoms with Gasteiger partial charge in [0.15, 0.2) is 5.69 Å². The number of H-pyrrole nitrogens is 1. The molecule has 0 saturated carbocycles. The van der Waals surface area contributed by atoms with Crippen LogP contribution in [-0.4, -0.2) is 46.5 Å². The van der Waals surface area contributed by atoms with Crippen LogP contribution in [0, 0.1) is 6.92 Å². The van der Waals surface area contributed by atoms with Gasteiger partial charge in [0.05, 0.1) is 10.6 Å². The van der Waals surface area contributed by atoms with E-state index in [0.29, 0.717) is 25.2 Å². The highest BCUT2D eigenvalue weighted by Crippen LogP contribution is 2.26. The second kappa shape index (κ2) is 7.61. The summed E-state index contributed by atoms with van der Waals surface area (Å²) < 4.78 is 0. The van der Waals surface area contributed by atoms with E-state index in [1.54, 1.807) is 17.4 Å². The molecule has 0 atom stereocenters. The lowest BCUT2D eigenvalue weighted by Crippen LogP contribution is -2.38. The van der Waals surface area contributed by atoms with Crippen LogP contribution >= 0.6 is 11.3 Å². The predicted molar refractivity (Wildman–Crippen MR) is 94.0 cm³/mol. The minimum absolute atomic E-state index is 0.192. The smallest absolute Gasteiger partial charge is 0.271 e. The number of rotatable bonds is 5. The van der Waals surface area contributed by atoms with Gasteiger partial charge in [-0.25, -0.2) is 0 Å². The van der Waals surface area contributed by atoms with Crippen molar-refractivity contribution in [3.05, 3.63) is 28.8 Å². The van der Waals surface area contributed by atoms with Crippen molar-refractivity contribution in [2.75, 3.05) is 19.6 Å². The number of likely N-dealkylation sites (tertiary alicyclic amines) is 1. The average Bonchev–Trinajstić information content (AvgIpc) is 3.16. The lowest BCUT2D eigenvalue weighted by atomic mass is 10.2. The third kappa shape index (κ3) is 4.03. The van der Waals surface area contributed by atoms with Gasteiger partial charge < -0.3 is 10.2 Å². The highest BCUT2D eigenvalue weighted by atomic mass is 32.1. The Bertz CT molecular complexity index is 722. The zero-order valence-electron chi connectivity index (χ0n) is 13.8.